The highest BCUT2D eigenvalue weighted by molar-refractivity contribution is 7.16. The maximum absolute atomic E-state index is 13.4. The second kappa shape index (κ2) is 8.44. The number of carbonyl (C=O) groups excluding carboxylic acids is 2. The van der Waals surface area contributed by atoms with Crippen molar-refractivity contribution in [2.45, 2.75) is 38.1 Å². The van der Waals surface area contributed by atoms with Gasteiger partial charge >= 0.3 is 0 Å². The molecule has 0 radical (unpaired) electrons. The molecular formula is C24H22ClN3O2S. The number of hydrogen-bond donors (Lipinski definition) is 1. The Bertz CT molecular complexity index is 1140. The molecular weight excluding hydrogens is 430 g/mol. The number of hydrogen-bond acceptors (Lipinski definition) is 4. The number of amides is 2. The Morgan fingerprint density at radius 2 is 1.84 bits per heavy atom. The van der Waals surface area contributed by atoms with E-state index in [-0.39, 0.29) is 17.7 Å². The summed E-state index contributed by atoms with van der Waals surface area (Å²) in [6.45, 7) is 1.40. The van der Waals surface area contributed by atoms with Crippen molar-refractivity contribution in [1.82, 2.24) is 9.88 Å². The van der Waals surface area contributed by atoms with Gasteiger partial charge in [-0.25, -0.2) is 4.98 Å². The van der Waals surface area contributed by atoms with Crippen LogP contribution in [0.2, 0.25) is 5.02 Å². The van der Waals surface area contributed by atoms with Crippen LogP contribution in [-0.2, 0) is 24.2 Å². The van der Waals surface area contributed by atoms with Crippen LogP contribution >= 0.6 is 22.9 Å². The molecule has 5 nitrogen and oxygen atoms in total. The standard InChI is InChI=1S/C24H22ClN3O2S/c25-18-10-8-16(9-11-18)22(29)27-24-26-21-19(6-3-7-20(21)31-24)23(30)28-13-12-15-4-1-2-5-17(15)14-28/h1-2,4-5,8-11,19H,3,6-7,12-14H2,(H,26,27,29). The Balaban J connectivity index is 1.33. The average molecular weight is 452 g/mol. The van der Waals surface area contributed by atoms with Crippen molar-refractivity contribution in [3.63, 3.8) is 0 Å². The van der Waals surface area contributed by atoms with Gasteiger partial charge in [-0.15, -0.1) is 11.3 Å². The van der Waals surface area contributed by atoms with E-state index >= 15 is 0 Å². The summed E-state index contributed by atoms with van der Waals surface area (Å²) in [7, 11) is 0. The lowest BCUT2D eigenvalue weighted by atomic mass is 9.89. The third-order valence-corrected chi connectivity index (χ3v) is 7.32. The molecule has 2 amide bonds. The van der Waals surface area contributed by atoms with Crippen molar-refractivity contribution in [2.24, 2.45) is 0 Å². The van der Waals surface area contributed by atoms with Crippen molar-refractivity contribution in [3.05, 3.63) is 80.8 Å². The van der Waals surface area contributed by atoms with Gasteiger partial charge in [0, 0.05) is 28.6 Å². The van der Waals surface area contributed by atoms with Gasteiger partial charge in [0.05, 0.1) is 11.6 Å². The van der Waals surface area contributed by atoms with Gasteiger partial charge in [-0.3, -0.25) is 14.9 Å². The van der Waals surface area contributed by atoms with E-state index in [2.05, 4.69) is 28.5 Å². The highest BCUT2D eigenvalue weighted by Gasteiger charge is 2.34. The molecule has 0 fully saturated rings. The summed E-state index contributed by atoms with van der Waals surface area (Å²) in [5, 5.41) is 4.02. The minimum Gasteiger partial charge on any atom is -0.337 e. The fraction of sp³-hybridized carbons (Fsp3) is 0.292. The molecule has 1 unspecified atom stereocenters. The lowest BCUT2D eigenvalue weighted by Gasteiger charge is -2.32. The van der Waals surface area contributed by atoms with Gasteiger partial charge in [-0.1, -0.05) is 35.9 Å². The number of carbonyl (C=O) groups is 2. The molecule has 0 saturated carbocycles. The van der Waals surface area contributed by atoms with Gasteiger partial charge in [-0.2, -0.15) is 0 Å². The average Bonchev–Trinajstić information content (AvgIpc) is 3.21. The molecule has 1 atom stereocenters. The van der Waals surface area contributed by atoms with Crippen molar-refractivity contribution in [1.29, 1.82) is 0 Å². The summed E-state index contributed by atoms with van der Waals surface area (Å²) in [5.74, 6) is -0.305. The van der Waals surface area contributed by atoms with Crippen molar-refractivity contribution in [2.75, 3.05) is 11.9 Å². The Kier molecular flexibility index (Phi) is 5.50. The van der Waals surface area contributed by atoms with Crippen molar-refractivity contribution >= 4 is 39.9 Å². The van der Waals surface area contributed by atoms with E-state index in [0.717, 1.165) is 42.8 Å². The fourth-order valence-electron chi connectivity index (χ4n) is 4.39. The first-order valence-corrected chi connectivity index (χ1v) is 11.7. The van der Waals surface area contributed by atoms with Crippen LogP contribution in [-0.4, -0.2) is 28.2 Å². The number of thiazole rings is 1. The number of anilines is 1. The van der Waals surface area contributed by atoms with Crippen LogP contribution in [0.1, 0.15) is 50.8 Å². The maximum atomic E-state index is 13.4. The summed E-state index contributed by atoms with van der Waals surface area (Å²) in [6, 6.07) is 15.1. The van der Waals surface area contributed by atoms with Crippen molar-refractivity contribution in [3.8, 4) is 0 Å². The number of nitrogens with zero attached hydrogens (tertiary/aromatic N) is 2. The lowest BCUT2D eigenvalue weighted by molar-refractivity contribution is -0.134. The largest absolute Gasteiger partial charge is 0.337 e. The molecule has 2 aromatic carbocycles. The zero-order chi connectivity index (χ0) is 21.4. The molecule has 3 aromatic rings. The van der Waals surface area contributed by atoms with Crippen LogP contribution in [0.5, 0.6) is 0 Å². The van der Waals surface area contributed by atoms with E-state index in [1.807, 2.05) is 11.0 Å². The molecule has 5 rings (SSSR count). The van der Waals surface area contributed by atoms with Gasteiger partial charge in [0.2, 0.25) is 5.91 Å². The third-order valence-electron chi connectivity index (χ3n) is 6.02. The Morgan fingerprint density at radius 1 is 1.06 bits per heavy atom. The first-order valence-electron chi connectivity index (χ1n) is 10.5. The predicted molar refractivity (Wildman–Crippen MR) is 123 cm³/mol. The lowest BCUT2D eigenvalue weighted by Crippen LogP contribution is -2.39. The van der Waals surface area contributed by atoms with Crippen LogP contribution in [0.3, 0.4) is 0 Å². The van der Waals surface area contributed by atoms with Gasteiger partial charge in [0.15, 0.2) is 5.13 Å². The van der Waals surface area contributed by atoms with Gasteiger partial charge < -0.3 is 4.90 Å². The van der Waals surface area contributed by atoms with E-state index in [0.29, 0.717) is 22.3 Å². The maximum Gasteiger partial charge on any atom is 0.257 e. The first kappa shape index (κ1) is 20.2. The molecule has 1 aromatic heterocycles. The minimum absolute atomic E-state index is 0.149. The highest BCUT2D eigenvalue weighted by Crippen LogP contribution is 2.38. The number of aromatic nitrogens is 1. The SMILES string of the molecule is O=C(Nc1nc2c(s1)CCCC2C(=O)N1CCc2ccccc2C1)c1ccc(Cl)cc1. The van der Waals surface area contributed by atoms with E-state index in [1.165, 1.54) is 22.5 Å². The fourth-order valence-corrected chi connectivity index (χ4v) is 5.57. The van der Waals surface area contributed by atoms with E-state index in [1.54, 1.807) is 24.3 Å². The number of halogens is 1. The normalized spacial score (nSPS) is 17.6. The summed E-state index contributed by atoms with van der Waals surface area (Å²) in [4.78, 5) is 33.7. The summed E-state index contributed by atoms with van der Waals surface area (Å²) < 4.78 is 0. The molecule has 0 bridgehead atoms. The number of fused-ring (bicyclic) bond motifs is 2. The molecule has 158 valence electrons. The molecule has 31 heavy (non-hydrogen) atoms. The molecule has 1 N–H and O–H groups in total. The summed E-state index contributed by atoms with van der Waals surface area (Å²) >= 11 is 7.38. The highest BCUT2D eigenvalue weighted by atomic mass is 35.5. The molecule has 2 heterocycles. The second-order valence-electron chi connectivity index (χ2n) is 8.01. The van der Waals surface area contributed by atoms with Crippen LogP contribution < -0.4 is 5.32 Å². The number of aryl methyl sites for hydroxylation is 1. The van der Waals surface area contributed by atoms with Gasteiger partial charge in [-0.05, 0) is 61.1 Å². The number of rotatable bonds is 3. The second-order valence-corrected chi connectivity index (χ2v) is 9.53. The summed E-state index contributed by atoms with van der Waals surface area (Å²) in [5.41, 5.74) is 3.92. The van der Waals surface area contributed by atoms with Crippen molar-refractivity contribution < 1.29 is 9.59 Å². The topological polar surface area (TPSA) is 62.3 Å². The Labute approximate surface area is 190 Å². The molecule has 7 heteroatoms. The molecule has 0 spiro atoms. The molecule has 1 aliphatic heterocycles. The zero-order valence-corrected chi connectivity index (χ0v) is 18.5. The first-order chi connectivity index (χ1) is 15.1. The minimum atomic E-state index is -0.230. The monoisotopic (exact) mass is 451 g/mol. The van der Waals surface area contributed by atoms with E-state index < -0.39 is 0 Å². The predicted octanol–water partition coefficient (Wildman–Crippen LogP) is 5.05. The molecule has 1 aliphatic carbocycles. The number of benzene rings is 2. The zero-order valence-electron chi connectivity index (χ0n) is 16.9. The van der Waals surface area contributed by atoms with Crippen LogP contribution in [0.25, 0.3) is 0 Å². The number of nitrogens with one attached hydrogen (secondary N) is 1. The third kappa shape index (κ3) is 4.10. The molecule has 2 aliphatic rings. The smallest absolute Gasteiger partial charge is 0.257 e. The van der Waals surface area contributed by atoms with E-state index in [9.17, 15) is 9.59 Å². The Hall–Kier alpha value is -2.70. The summed E-state index contributed by atoms with van der Waals surface area (Å²) in [6.07, 6.45) is 3.55. The quantitative estimate of drug-likeness (QED) is 0.605. The Morgan fingerprint density at radius 3 is 2.65 bits per heavy atom. The van der Waals surface area contributed by atoms with Gasteiger partial charge in [0.25, 0.3) is 5.91 Å². The van der Waals surface area contributed by atoms with Crippen LogP contribution in [0.15, 0.2) is 48.5 Å². The molecule has 0 saturated heterocycles. The van der Waals surface area contributed by atoms with Crippen LogP contribution in [0, 0.1) is 0 Å². The van der Waals surface area contributed by atoms with E-state index in [4.69, 9.17) is 11.6 Å². The van der Waals surface area contributed by atoms with Gasteiger partial charge in [0.1, 0.15) is 0 Å². The van der Waals surface area contributed by atoms with Crippen LogP contribution in [0.4, 0.5) is 5.13 Å².